The Labute approximate surface area is 63.2 Å². The van der Waals surface area contributed by atoms with Crippen molar-refractivity contribution in [3.05, 3.63) is 0 Å². The van der Waals surface area contributed by atoms with E-state index in [4.69, 9.17) is 9.84 Å². The maximum Gasteiger partial charge on any atom is 0.0549 e. The van der Waals surface area contributed by atoms with Crippen LogP contribution < -0.4 is 0 Å². The van der Waals surface area contributed by atoms with E-state index in [2.05, 4.69) is 13.8 Å². The first kappa shape index (κ1) is 9.92. The highest BCUT2D eigenvalue weighted by molar-refractivity contribution is 4.63. The molecule has 0 amide bonds. The van der Waals surface area contributed by atoms with Gasteiger partial charge in [-0.15, -0.1) is 0 Å². The van der Waals surface area contributed by atoms with Crippen LogP contribution in [0.4, 0.5) is 0 Å². The van der Waals surface area contributed by atoms with Gasteiger partial charge in [-0.25, -0.2) is 0 Å². The third kappa shape index (κ3) is 3.85. The van der Waals surface area contributed by atoms with Crippen LogP contribution in [0.1, 0.15) is 26.7 Å². The van der Waals surface area contributed by atoms with Crippen LogP contribution in [0.2, 0.25) is 0 Å². The van der Waals surface area contributed by atoms with Crippen molar-refractivity contribution >= 4 is 0 Å². The summed E-state index contributed by atoms with van der Waals surface area (Å²) in [7, 11) is 1.00. The summed E-state index contributed by atoms with van der Waals surface area (Å²) < 4.78 is 5.35. The Morgan fingerprint density at radius 1 is 1.30 bits per heavy atom. The van der Waals surface area contributed by atoms with Crippen LogP contribution in [-0.4, -0.2) is 24.9 Å². The van der Waals surface area contributed by atoms with Crippen molar-refractivity contribution in [2.24, 2.45) is 5.92 Å². The third-order valence-electron chi connectivity index (χ3n) is 1.75. The molecule has 0 aromatic carbocycles. The SMILES string of the molecule is CC1C[C@H](C)CCO1.CO. The highest BCUT2D eigenvalue weighted by Crippen LogP contribution is 2.18. The number of hydrogen-bond acceptors (Lipinski definition) is 2. The van der Waals surface area contributed by atoms with E-state index in [-0.39, 0.29) is 0 Å². The Bertz CT molecular complexity index is 65.7. The van der Waals surface area contributed by atoms with Gasteiger partial charge in [0.1, 0.15) is 0 Å². The normalized spacial score (nSPS) is 32.4. The molecule has 1 rings (SSSR count). The molecule has 2 atom stereocenters. The van der Waals surface area contributed by atoms with E-state index in [1.54, 1.807) is 0 Å². The number of ether oxygens (including phenoxy) is 1. The minimum atomic E-state index is 0.513. The summed E-state index contributed by atoms with van der Waals surface area (Å²) in [5, 5.41) is 7.00. The van der Waals surface area contributed by atoms with Crippen molar-refractivity contribution in [3.63, 3.8) is 0 Å². The van der Waals surface area contributed by atoms with E-state index >= 15 is 0 Å². The van der Waals surface area contributed by atoms with Crippen LogP contribution in [-0.2, 0) is 4.74 Å². The standard InChI is InChI=1S/C7H14O.CH4O/c1-6-3-4-8-7(2)5-6;1-2/h6-7H,3-5H2,1-2H3;2H,1H3/t6-,7?;/m1./s1. The van der Waals surface area contributed by atoms with Crippen LogP contribution in [0.25, 0.3) is 0 Å². The van der Waals surface area contributed by atoms with Gasteiger partial charge in [0, 0.05) is 13.7 Å². The molecule has 1 heterocycles. The van der Waals surface area contributed by atoms with Crippen molar-refractivity contribution in [1.29, 1.82) is 0 Å². The lowest BCUT2D eigenvalue weighted by Crippen LogP contribution is -2.20. The second-order valence-corrected chi connectivity index (χ2v) is 2.81. The van der Waals surface area contributed by atoms with E-state index in [1.807, 2.05) is 0 Å². The summed E-state index contributed by atoms with van der Waals surface area (Å²) >= 11 is 0. The molecule has 1 aliphatic heterocycles. The second kappa shape index (κ2) is 5.69. The van der Waals surface area contributed by atoms with Gasteiger partial charge in [-0.2, -0.15) is 0 Å². The number of aliphatic hydroxyl groups is 1. The first-order valence-corrected chi connectivity index (χ1v) is 3.85. The van der Waals surface area contributed by atoms with Gasteiger partial charge in [0.25, 0.3) is 0 Å². The van der Waals surface area contributed by atoms with Crippen molar-refractivity contribution in [1.82, 2.24) is 0 Å². The summed E-state index contributed by atoms with van der Waals surface area (Å²) in [5.41, 5.74) is 0. The summed E-state index contributed by atoms with van der Waals surface area (Å²) in [6.07, 6.45) is 3.02. The second-order valence-electron chi connectivity index (χ2n) is 2.81. The van der Waals surface area contributed by atoms with E-state index in [0.717, 1.165) is 19.6 Å². The molecule has 0 spiro atoms. The monoisotopic (exact) mass is 146 g/mol. The highest BCUT2D eigenvalue weighted by atomic mass is 16.5. The zero-order valence-electron chi connectivity index (χ0n) is 7.13. The molecular weight excluding hydrogens is 128 g/mol. The van der Waals surface area contributed by atoms with Gasteiger partial charge >= 0.3 is 0 Å². The predicted octanol–water partition coefficient (Wildman–Crippen LogP) is 1.43. The van der Waals surface area contributed by atoms with Gasteiger partial charge in [0.05, 0.1) is 6.10 Å². The maximum atomic E-state index is 7.00. The minimum Gasteiger partial charge on any atom is -0.400 e. The summed E-state index contributed by atoms with van der Waals surface area (Å²) in [5.74, 6) is 0.888. The fourth-order valence-electron chi connectivity index (χ4n) is 1.22. The van der Waals surface area contributed by atoms with Gasteiger partial charge in [-0.3, -0.25) is 0 Å². The third-order valence-corrected chi connectivity index (χ3v) is 1.75. The van der Waals surface area contributed by atoms with Crippen molar-refractivity contribution in [2.75, 3.05) is 13.7 Å². The zero-order chi connectivity index (χ0) is 7.98. The van der Waals surface area contributed by atoms with Crippen LogP contribution in [0.5, 0.6) is 0 Å². The molecule has 0 aliphatic carbocycles. The molecule has 10 heavy (non-hydrogen) atoms. The molecule has 0 aromatic rings. The Kier molecular flexibility index (Phi) is 5.64. The largest absolute Gasteiger partial charge is 0.400 e. The average Bonchev–Trinajstić information content (AvgIpc) is 1.91. The highest BCUT2D eigenvalue weighted by Gasteiger charge is 2.13. The van der Waals surface area contributed by atoms with Gasteiger partial charge in [0.2, 0.25) is 0 Å². The average molecular weight is 146 g/mol. The molecular formula is C8H18O2. The Morgan fingerprint density at radius 2 is 1.90 bits per heavy atom. The molecule has 1 saturated heterocycles. The quantitative estimate of drug-likeness (QED) is 0.560. The first-order chi connectivity index (χ1) is 4.79. The molecule has 2 nitrogen and oxygen atoms in total. The van der Waals surface area contributed by atoms with E-state index in [1.165, 1.54) is 12.8 Å². The van der Waals surface area contributed by atoms with E-state index < -0.39 is 0 Å². The van der Waals surface area contributed by atoms with Gasteiger partial charge in [-0.05, 0) is 25.7 Å². The first-order valence-electron chi connectivity index (χ1n) is 3.85. The van der Waals surface area contributed by atoms with Crippen molar-refractivity contribution < 1.29 is 9.84 Å². The molecule has 1 N–H and O–H groups in total. The fraction of sp³-hybridized carbons (Fsp3) is 1.00. The maximum absolute atomic E-state index is 7.00. The Balaban J connectivity index is 0.000000371. The Morgan fingerprint density at radius 3 is 2.20 bits per heavy atom. The molecule has 2 heteroatoms. The molecule has 62 valence electrons. The minimum absolute atomic E-state index is 0.513. The molecule has 0 saturated carbocycles. The molecule has 0 bridgehead atoms. The fourth-order valence-corrected chi connectivity index (χ4v) is 1.22. The van der Waals surface area contributed by atoms with E-state index in [9.17, 15) is 0 Å². The van der Waals surface area contributed by atoms with Gasteiger partial charge in [0.15, 0.2) is 0 Å². The molecule has 1 fully saturated rings. The van der Waals surface area contributed by atoms with Crippen molar-refractivity contribution in [2.45, 2.75) is 32.8 Å². The molecule has 1 aliphatic rings. The van der Waals surface area contributed by atoms with Crippen LogP contribution in [0, 0.1) is 5.92 Å². The van der Waals surface area contributed by atoms with E-state index in [0.29, 0.717) is 6.10 Å². The summed E-state index contributed by atoms with van der Waals surface area (Å²) in [4.78, 5) is 0. The number of rotatable bonds is 0. The number of hydrogen-bond donors (Lipinski definition) is 1. The topological polar surface area (TPSA) is 29.5 Å². The predicted molar refractivity (Wildman–Crippen MR) is 42.0 cm³/mol. The molecule has 1 unspecified atom stereocenters. The molecule has 0 radical (unpaired) electrons. The van der Waals surface area contributed by atoms with Crippen LogP contribution in [0.15, 0.2) is 0 Å². The number of aliphatic hydroxyl groups excluding tert-OH is 1. The van der Waals surface area contributed by atoms with Crippen LogP contribution >= 0.6 is 0 Å². The lowest BCUT2D eigenvalue weighted by Gasteiger charge is -2.23. The van der Waals surface area contributed by atoms with Gasteiger partial charge in [-0.1, -0.05) is 6.92 Å². The van der Waals surface area contributed by atoms with Crippen LogP contribution in [0.3, 0.4) is 0 Å². The van der Waals surface area contributed by atoms with Gasteiger partial charge < -0.3 is 9.84 Å². The Hall–Kier alpha value is -0.0800. The smallest absolute Gasteiger partial charge is 0.0549 e. The zero-order valence-corrected chi connectivity index (χ0v) is 7.13. The summed E-state index contributed by atoms with van der Waals surface area (Å²) in [6.45, 7) is 5.41. The van der Waals surface area contributed by atoms with Crippen molar-refractivity contribution in [3.8, 4) is 0 Å². The lowest BCUT2D eigenvalue weighted by atomic mass is 9.99. The molecule has 0 aromatic heterocycles. The lowest BCUT2D eigenvalue weighted by molar-refractivity contribution is 0.00682. The summed E-state index contributed by atoms with van der Waals surface area (Å²) in [6, 6.07) is 0.